The zero-order valence-electron chi connectivity index (χ0n) is 9.27. The minimum atomic E-state index is -0.541. The van der Waals surface area contributed by atoms with Crippen LogP contribution in [0.5, 0.6) is 5.75 Å². The highest BCUT2D eigenvalue weighted by molar-refractivity contribution is 7.09. The van der Waals surface area contributed by atoms with Gasteiger partial charge >= 0.3 is 0 Å². The summed E-state index contributed by atoms with van der Waals surface area (Å²) in [5, 5.41) is 1.94. The van der Waals surface area contributed by atoms with Crippen LogP contribution < -0.4 is 4.74 Å². The maximum Gasteiger partial charge on any atom is 0.166 e. The predicted octanol–water partition coefficient (Wildman–Crippen LogP) is 3.67. The molecule has 0 aliphatic heterocycles. The molecule has 17 heavy (non-hydrogen) atoms. The number of rotatable bonds is 4. The van der Waals surface area contributed by atoms with E-state index in [1.807, 2.05) is 17.5 Å². The molecule has 1 heterocycles. The van der Waals surface area contributed by atoms with Crippen LogP contribution in [0.4, 0.5) is 4.39 Å². The number of hydrogen-bond donors (Lipinski definition) is 0. The zero-order chi connectivity index (χ0) is 12.3. The Morgan fingerprint density at radius 2 is 2.18 bits per heavy atom. The summed E-state index contributed by atoms with van der Waals surface area (Å²) in [5.74, 6) is -0.573. The second kappa shape index (κ2) is 5.10. The summed E-state index contributed by atoms with van der Waals surface area (Å²) in [6, 6.07) is 8.24. The fourth-order valence-electron chi connectivity index (χ4n) is 1.51. The Hall–Kier alpha value is -1.68. The number of Topliss-reactive ketones (excluding diaryl/α,β-unsaturated/α-hetero) is 1. The number of ether oxygens (including phenoxy) is 1. The van der Waals surface area contributed by atoms with Crippen molar-refractivity contribution in [3.8, 4) is 5.75 Å². The molecule has 0 N–H and O–H groups in total. The monoisotopic (exact) mass is 250 g/mol. The number of thiophene rings is 1. The quantitative estimate of drug-likeness (QED) is 0.774. The molecule has 0 aliphatic rings. The van der Waals surface area contributed by atoms with E-state index >= 15 is 0 Å². The first-order chi connectivity index (χ1) is 8.18. The fourth-order valence-corrected chi connectivity index (χ4v) is 2.13. The molecule has 0 atom stereocenters. The van der Waals surface area contributed by atoms with Crippen molar-refractivity contribution < 1.29 is 13.9 Å². The lowest BCUT2D eigenvalue weighted by Gasteiger charge is -2.09. The number of carbonyl (C=O) groups excluding carboxylic acids is 1. The van der Waals surface area contributed by atoms with E-state index in [9.17, 15) is 9.18 Å². The second-order valence-corrected chi connectivity index (χ2v) is 4.57. The van der Waals surface area contributed by atoms with Crippen molar-refractivity contribution >= 4 is 17.1 Å². The highest BCUT2D eigenvalue weighted by Crippen LogP contribution is 2.23. The van der Waals surface area contributed by atoms with Crippen LogP contribution in [0.2, 0.25) is 0 Å². The summed E-state index contributed by atoms with van der Waals surface area (Å²) in [6.45, 7) is 1.68. The molecule has 88 valence electrons. The standard InChI is InChI=1S/C13H11FO2S/c1-9(15)13-11(14)5-2-6-12(13)16-8-10-4-3-7-17-10/h2-7H,8H2,1H3. The molecule has 0 unspecified atom stereocenters. The maximum absolute atomic E-state index is 13.5. The lowest BCUT2D eigenvalue weighted by Crippen LogP contribution is -2.03. The number of hydrogen-bond acceptors (Lipinski definition) is 3. The van der Waals surface area contributed by atoms with Gasteiger partial charge in [0.25, 0.3) is 0 Å². The Labute approximate surface area is 103 Å². The van der Waals surface area contributed by atoms with Crippen molar-refractivity contribution in [2.75, 3.05) is 0 Å². The molecule has 2 rings (SSSR count). The van der Waals surface area contributed by atoms with E-state index in [1.54, 1.807) is 17.4 Å². The van der Waals surface area contributed by atoms with Crippen LogP contribution in [0.15, 0.2) is 35.7 Å². The molecule has 0 saturated heterocycles. The summed E-state index contributed by atoms with van der Waals surface area (Å²) in [7, 11) is 0. The molecule has 2 nitrogen and oxygen atoms in total. The molecular weight excluding hydrogens is 239 g/mol. The zero-order valence-corrected chi connectivity index (χ0v) is 10.1. The van der Waals surface area contributed by atoms with E-state index in [4.69, 9.17) is 4.74 Å². The molecule has 0 amide bonds. The topological polar surface area (TPSA) is 26.3 Å². The number of ketones is 1. The second-order valence-electron chi connectivity index (χ2n) is 3.54. The van der Waals surface area contributed by atoms with Gasteiger partial charge in [-0.05, 0) is 30.5 Å². The highest BCUT2D eigenvalue weighted by Gasteiger charge is 2.14. The van der Waals surface area contributed by atoms with Gasteiger partial charge in [0.05, 0.1) is 5.56 Å². The highest BCUT2D eigenvalue weighted by atomic mass is 32.1. The normalized spacial score (nSPS) is 10.2. The molecule has 0 fully saturated rings. The molecule has 4 heteroatoms. The van der Waals surface area contributed by atoms with Gasteiger partial charge in [0.1, 0.15) is 18.2 Å². The van der Waals surface area contributed by atoms with E-state index in [2.05, 4.69) is 0 Å². The van der Waals surface area contributed by atoms with Crippen LogP contribution >= 0.6 is 11.3 Å². The van der Waals surface area contributed by atoms with Crippen LogP contribution in [0, 0.1) is 5.82 Å². The molecule has 1 aromatic heterocycles. The summed E-state index contributed by atoms with van der Waals surface area (Å²) in [5.41, 5.74) is 0.0176. The van der Waals surface area contributed by atoms with Crippen LogP contribution in [-0.2, 0) is 6.61 Å². The summed E-state index contributed by atoms with van der Waals surface area (Å²) in [6.07, 6.45) is 0. The number of benzene rings is 1. The van der Waals surface area contributed by atoms with Gasteiger partial charge in [-0.1, -0.05) is 12.1 Å². The van der Waals surface area contributed by atoms with Gasteiger partial charge in [0.15, 0.2) is 5.78 Å². The molecule has 0 radical (unpaired) electrons. The lowest BCUT2D eigenvalue weighted by molar-refractivity contribution is 0.100. The van der Waals surface area contributed by atoms with Gasteiger partial charge in [-0.15, -0.1) is 11.3 Å². The molecule has 0 saturated carbocycles. The summed E-state index contributed by atoms with van der Waals surface area (Å²) >= 11 is 1.56. The molecular formula is C13H11FO2S. The van der Waals surface area contributed by atoms with Gasteiger partial charge < -0.3 is 4.74 Å². The lowest BCUT2D eigenvalue weighted by atomic mass is 10.1. The first kappa shape index (κ1) is 11.8. The predicted molar refractivity (Wildman–Crippen MR) is 65.1 cm³/mol. The van der Waals surface area contributed by atoms with Crippen LogP contribution in [-0.4, -0.2) is 5.78 Å². The number of carbonyl (C=O) groups is 1. The average molecular weight is 250 g/mol. The maximum atomic E-state index is 13.5. The third kappa shape index (κ3) is 2.71. The summed E-state index contributed by atoms with van der Waals surface area (Å²) in [4.78, 5) is 12.4. The van der Waals surface area contributed by atoms with Gasteiger partial charge in [0.2, 0.25) is 0 Å². The Bertz CT molecular complexity index is 520. The van der Waals surface area contributed by atoms with Gasteiger partial charge in [-0.25, -0.2) is 4.39 Å². The van der Waals surface area contributed by atoms with Crippen molar-refractivity contribution in [1.82, 2.24) is 0 Å². The molecule has 2 aromatic rings. The van der Waals surface area contributed by atoms with Crippen molar-refractivity contribution in [1.29, 1.82) is 0 Å². The van der Waals surface area contributed by atoms with Gasteiger partial charge in [-0.2, -0.15) is 0 Å². The van der Waals surface area contributed by atoms with E-state index < -0.39 is 5.82 Å². The first-order valence-corrected chi connectivity index (χ1v) is 6.01. The van der Waals surface area contributed by atoms with Crippen molar-refractivity contribution in [2.45, 2.75) is 13.5 Å². The van der Waals surface area contributed by atoms with E-state index in [-0.39, 0.29) is 11.3 Å². The SMILES string of the molecule is CC(=O)c1c(F)cccc1OCc1cccs1. The van der Waals surface area contributed by atoms with E-state index in [0.717, 1.165) is 4.88 Å². The summed E-state index contributed by atoms with van der Waals surface area (Å²) < 4.78 is 18.9. The van der Waals surface area contributed by atoms with E-state index in [1.165, 1.54) is 19.1 Å². The van der Waals surface area contributed by atoms with E-state index in [0.29, 0.717) is 12.4 Å². The Kier molecular flexibility index (Phi) is 3.54. The Morgan fingerprint density at radius 3 is 2.82 bits per heavy atom. The third-order valence-corrected chi connectivity index (χ3v) is 3.13. The largest absolute Gasteiger partial charge is 0.487 e. The van der Waals surface area contributed by atoms with Crippen LogP contribution in [0.25, 0.3) is 0 Å². The molecule has 0 bridgehead atoms. The van der Waals surface area contributed by atoms with Crippen molar-refractivity contribution in [3.05, 3.63) is 52.0 Å². The molecule has 0 spiro atoms. The minimum Gasteiger partial charge on any atom is -0.487 e. The fraction of sp³-hybridized carbons (Fsp3) is 0.154. The van der Waals surface area contributed by atoms with Crippen LogP contribution in [0.3, 0.4) is 0 Å². The minimum absolute atomic E-state index is 0.0176. The number of halogens is 1. The molecule has 0 aliphatic carbocycles. The van der Waals surface area contributed by atoms with Crippen LogP contribution in [0.1, 0.15) is 22.2 Å². The smallest absolute Gasteiger partial charge is 0.166 e. The first-order valence-electron chi connectivity index (χ1n) is 5.13. The Balaban J connectivity index is 2.21. The van der Waals surface area contributed by atoms with Gasteiger partial charge in [-0.3, -0.25) is 4.79 Å². The third-order valence-electron chi connectivity index (χ3n) is 2.28. The Morgan fingerprint density at radius 1 is 1.35 bits per heavy atom. The van der Waals surface area contributed by atoms with Gasteiger partial charge in [0, 0.05) is 4.88 Å². The average Bonchev–Trinajstić information content (AvgIpc) is 2.78. The van der Waals surface area contributed by atoms with Crippen molar-refractivity contribution in [3.63, 3.8) is 0 Å². The molecule has 1 aromatic carbocycles. The van der Waals surface area contributed by atoms with Crippen molar-refractivity contribution in [2.24, 2.45) is 0 Å².